The average Bonchev–Trinajstić information content (AvgIpc) is 3.11. The number of hydrogen-bond donors (Lipinski definition) is 1. The third-order valence-electron chi connectivity index (χ3n) is 4.92. The molecule has 1 aromatic rings. The second-order valence-corrected chi connectivity index (χ2v) is 6.61. The van der Waals surface area contributed by atoms with Crippen LogP contribution in [0.3, 0.4) is 0 Å². The molecular formula is C17H27Cl2N3O2. The van der Waals surface area contributed by atoms with Crippen LogP contribution in [-0.2, 0) is 6.54 Å². The number of nitrogens with one attached hydrogen (secondary N) is 1. The first kappa shape index (κ1) is 19.6. The summed E-state index contributed by atoms with van der Waals surface area (Å²) in [5.74, 6) is 1.31. The molecule has 0 amide bonds. The summed E-state index contributed by atoms with van der Waals surface area (Å²) in [5.41, 5.74) is 1.10. The fourth-order valence-electron chi connectivity index (χ4n) is 3.53. The van der Waals surface area contributed by atoms with Crippen molar-refractivity contribution < 1.29 is 9.47 Å². The van der Waals surface area contributed by atoms with Crippen molar-refractivity contribution in [1.82, 2.24) is 15.1 Å². The molecule has 0 spiro atoms. The molecule has 2 aliphatic heterocycles. The van der Waals surface area contributed by atoms with Crippen molar-refractivity contribution in [1.29, 1.82) is 0 Å². The van der Waals surface area contributed by atoms with Gasteiger partial charge >= 0.3 is 0 Å². The first-order valence-corrected chi connectivity index (χ1v) is 8.67. The van der Waals surface area contributed by atoms with Gasteiger partial charge in [0.2, 0.25) is 0 Å². The lowest BCUT2D eigenvalue weighted by atomic mass is 10.1. The zero-order valence-corrected chi connectivity index (χ0v) is 16.0. The maximum atomic E-state index is 6.49. The minimum Gasteiger partial charge on any atom is -0.493 e. The Kier molecular flexibility index (Phi) is 7.44. The van der Waals surface area contributed by atoms with Crippen molar-refractivity contribution in [2.75, 3.05) is 53.5 Å². The van der Waals surface area contributed by atoms with E-state index in [1.807, 2.05) is 12.1 Å². The van der Waals surface area contributed by atoms with E-state index in [1.54, 1.807) is 14.2 Å². The van der Waals surface area contributed by atoms with E-state index in [9.17, 15) is 0 Å². The van der Waals surface area contributed by atoms with Gasteiger partial charge in [-0.2, -0.15) is 0 Å². The van der Waals surface area contributed by atoms with Gasteiger partial charge in [-0.1, -0.05) is 17.7 Å². The van der Waals surface area contributed by atoms with E-state index in [0.29, 0.717) is 16.5 Å². The first-order chi connectivity index (χ1) is 11.2. The summed E-state index contributed by atoms with van der Waals surface area (Å²) in [4.78, 5) is 5.08. The molecule has 3 rings (SSSR count). The number of methoxy groups -OCH3 is 2. The second-order valence-electron chi connectivity index (χ2n) is 6.23. The molecule has 0 saturated carbocycles. The number of rotatable bonds is 5. The van der Waals surface area contributed by atoms with Gasteiger partial charge < -0.3 is 14.8 Å². The number of nitrogens with zero attached hydrogens (tertiary/aromatic N) is 2. The highest BCUT2D eigenvalue weighted by Gasteiger charge is 2.26. The Morgan fingerprint density at radius 2 is 1.92 bits per heavy atom. The van der Waals surface area contributed by atoms with Gasteiger partial charge in [0.15, 0.2) is 11.5 Å². The van der Waals surface area contributed by atoms with E-state index in [0.717, 1.165) is 57.4 Å². The van der Waals surface area contributed by atoms with Crippen molar-refractivity contribution in [3.8, 4) is 11.5 Å². The Morgan fingerprint density at radius 1 is 1.17 bits per heavy atom. The van der Waals surface area contributed by atoms with Gasteiger partial charge in [0.25, 0.3) is 0 Å². The molecule has 0 aliphatic carbocycles. The van der Waals surface area contributed by atoms with Gasteiger partial charge in [0.05, 0.1) is 19.2 Å². The normalized spacial score (nSPS) is 22.2. The monoisotopic (exact) mass is 375 g/mol. The maximum Gasteiger partial charge on any atom is 0.179 e. The first-order valence-electron chi connectivity index (χ1n) is 8.29. The Labute approximate surface area is 155 Å². The molecule has 0 radical (unpaired) electrons. The highest BCUT2D eigenvalue weighted by atomic mass is 35.5. The van der Waals surface area contributed by atoms with Crippen LogP contribution in [0.5, 0.6) is 11.5 Å². The van der Waals surface area contributed by atoms with Gasteiger partial charge in [-0.25, -0.2) is 0 Å². The van der Waals surface area contributed by atoms with E-state index in [4.69, 9.17) is 21.1 Å². The van der Waals surface area contributed by atoms with Gasteiger partial charge in [-0.15, -0.1) is 12.4 Å². The highest BCUT2D eigenvalue weighted by molar-refractivity contribution is 6.33. The van der Waals surface area contributed by atoms with Crippen molar-refractivity contribution in [3.63, 3.8) is 0 Å². The van der Waals surface area contributed by atoms with E-state index < -0.39 is 0 Å². The largest absolute Gasteiger partial charge is 0.493 e. The quantitative estimate of drug-likeness (QED) is 0.853. The third kappa shape index (κ3) is 4.27. The summed E-state index contributed by atoms with van der Waals surface area (Å²) in [7, 11) is 3.26. The zero-order chi connectivity index (χ0) is 16.2. The molecule has 5 nitrogen and oxygen atoms in total. The standard InChI is InChI=1S/C17H26ClN3O2.ClH/c1-22-15-4-3-13(16(18)17(15)23-2)12-20-7-9-21(10-8-20)14-5-6-19-11-14;/h3-4,14,19H,5-12H2,1-2H3;1H. The minimum absolute atomic E-state index is 0. The molecule has 2 fully saturated rings. The summed E-state index contributed by atoms with van der Waals surface area (Å²) < 4.78 is 10.7. The van der Waals surface area contributed by atoms with Crippen LogP contribution in [0.25, 0.3) is 0 Å². The third-order valence-corrected chi connectivity index (χ3v) is 5.33. The highest BCUT2D eigenvalue weighted by Crippen LogP contribution is 2.37. The lowest BCUT2D eigenvalue weighted by Crippen LogP contribution is -2.50. The minimum atomic E-state index is 0. The molecule has 1 N–H and O–H groups in total. The number of benzene rings is 1. The second kappa shape index (κ2) is 9.11. The van der Waals surface area contributed by atoms with E-state index >= 15 is 0 Å². The maximum absolute atomic E-state index is 6.49. The molecule has 7 heteroatoms. The van der Waals surface area contributed by atoms with Crippen LogP contribution in [0, 0.1) is 0 Å². The van der Waals surface area contributed by atoms with Crippen LogP contribution < -0.4 is 14.8 Å². The molecular weight excluding hydrogens is 349 g/mol. The fraction of sp³-hybridized carbons (Fsp3) is 0.647. The number of ether oxygens (including phenoxy) is 2. The van der Waals surface area contributed by atoms with E-state index in [1.165, 1.54) is 6.42 Å². The fourth-order valence-corrected chi connectivity index (χ4v) is 3.82. The van der Waals surface area contributed by atoms with Crippen LogP contribution in [0.4, 0.5) is 0 Å². The Bertz CT molecular complexity index is 531. The van der Waals surface area contributed by atoms with Crippen LogP contribution in [0.1, 0.15) is 12.0 Å². The topological polar surface area (TPSA) is 37.0 Å². The van der Waals surface area contributed by atoms with E-state index in [2.05, 4.69) is 15.1 Å². The molecule has 136 valence electrons. The smallest absolute Gasteiger partial charge is 0.179 e. The van der Waals surface area contributed by atoms with Gasteiger partial charge in [-0.3, -0.25) is 9.80 Å². The number of piperazine rings is 1. The van der Waals surface area contributed by atoms with Crippen LogP contribution >= 0.6 is 24.0 Å². The lowest BCUT2D eigenvalue weighted by Gasteiger charge is -2.38. The predicted molar refractivity (Wildman–Crippen MR) is 99.9 cm³/mol. The molecule has 2 aliphatic rings. The Morgan fingerprint density at radius 3 is 2.50 bits per heavy atom. The zero-order valence-electron chi connectivity index (χ0n) is 14.4. The molecule has 2 saturated heterocycles. The Balaban J connectivity index is 0.00000208. The van der Waals surface area contributed by atoms with Crippen LogP contribution in [-0.4, -0.2) is 69.3 Å². The lowest BCUT2D eigenvalue weighted by molar-refractivity contribution is 0.0981. The Hall–Kier alpha value is -0.720. The molecule has 24 heavy (non-hydrogen) atoms. The van der Waals surface area contributed by atoms with Gasteiger partial charge in [0.1, 0.15) is 0 Å². The summed E-state index contributed by atoms with van der Waals surface area (Å²) in [6, 6.07) is 4.69. The van der Waals surface area contributed by atoms with Crippen molar-refractivity contribution in [2.24, 2.45) is 0 Å². The summed E-state index contributed by atoms with van der Waals surface area (Å²) in [5, 5.41) is 4.11. The van der Waals surface area contributed by atoms with Gasteiger partial charge in [-0.05, 0) is 24.6 Å². The molecule has 1 atom stereocenters. The predicted octanol–water partition coefficient (Wildman–Crippen LogP) is 2.26. The summed E-state index contributed by atoms with van der Waals surface area (Å²) in [6.07, 6.45) is 1.28. The number of halogens is 2. The SMILES string of the molecule is COc1ccc(CN2CCN(C3CCNC3)CC2)c(Cl)c1OC.Cl. The van der Waals surface area contributed by atoms with Crippen LogP contribution in [0.15, 0.2) is 12.1 Å². The summed E-state index contributed by atoms with van der Waals surface area (Å²) in [6.45, 7) is 7.60. The van der Waals surface area contributed by atoms with E-state index in [-0.39, 0.29) is 12.4 Å². The van der Waals surface area contributed by atoms with Crippen molar-refractivity contribution in [2.45, 2.75) is 19.0 Å². The summed E-state index contributed by atoms with van der Waals surface area (Å²) >= 11 is 6.49. The molecule has 1 unspecified atom stereocenters. The van der Waals surface area contributed by atoms with Gasteiger partial charge in [0, 0.05) is 45.3 Å². The molecule has 0 bridgehead atoms. The van der Waals surface area contributed by atoms with Crippen LogP contribution in [0.2, 0.25) is 5.02 Å². The molecule has 0 aromatic heterocycles. The van der Waals surface area contributed by atoms with Crippen molar-refractivity contribution >= 4 is 24.0 Å². The molecule has 1 aromatic carbocycles. The number of hydrogen-bond acceptors (Lipinski definition) is 5. The average molecular weight is 376 g/mol. The molecule has 2 heterocycles. The van der Waals surface area contributed by atoms with Crippen molar-refractivity contribution in [3.05, 3.63) is 22.7 Å².